The highest BCUT2D eigenvalue weighted by Gasteiger charge is 2.19. The summed E-state index contributed by atoms with van der Waals surface area (Å²) in [6.07, 6.45) is 0.862. The third-order valence-electron chi connectivity index (χ3n) is 2.75. The number of hydrogen-bond donors (Lipinski definition) is 1. The lowest BCUT2D eigenvalue weighted by Gasteiger charge is -2.12. The molecule has 0 radical (unpaired) electrons. The average molecular weight is 241 g/mol. The Labute approximate surface area is 97.6 Å². The average Bonchev–Trinajstić information content (AvgIpc) is 2.20. The van der Waals surface area contributed by atoms with E-state index in [0.717, 1.165) is 12.0 Å². The Balaban J connectivity index is 3.12. The molecule has 16 heavy (non-hydrogen) atoms. The summed E-state index contributed by atoms with van der Waals surface area (Å²) < 4.78 is 24.2. The second-order valence-corrected chi connectivity index (χ2v) is 6.32. The van der Waals surface area contributed by atoms with Crippen LogP contribution in [0.25, 0.3) is 0 Å². The second-order valence-electron chi connectivity index (χ2n) is 4.32. The predicted octanol–water partition coefficient (Wildman–Crippen LogP) is 2.40. The Hall–Kier alpha value is -1.03. The number of sulfone groups is 1. The molecule has 0 saturated heterocycles. The zero-order valence-electron chi connectivity index (χ0n) is 10.0. The first-order chi connectivity index (χ1) is 7.36. The van der Waals surface area contributed by atoms with E-state index in [9.17, 15) is 8.42 Å². The van der Waals surface area contributed by atoms with E-state index in [2.05, 4.69) is 0 Å². The van der Waals surface area contributed by atoms with Gasteiger partial charge < -0.3 is 5.73 Å². The minimum Gasteiger partial charge on any atom is -0.399 e. The SMILES string of the molecule is CCC(C)CS(=O)(=O)c1cc(N)ccc1C. The molecule has 3 nitrogen and oxygen atoms in total. The lowest BCUT2D eigenvalue weighted by Crippen LogP contribution is -2.14. The summed E-state index contributed by atoms with van der Waals surface area (Å²) in [5, 5.41) is 0. The first kappa shape index (κ1) is 13.0. The molecule has 0 heterocycles. The molecular weight excluding hydrogens is 222 g/mol. The van der Waals surface area contributed by atoms with E-state index < -0.39 is 9.84 Å². The van der Waals surface area contributed by atoms with Crippen LogP contribution < -0.4 is 5.73 Å². The minimum absolute atomic E-state index is 0.172. The largest absolute Gasteiger partial charge is 0.399 e. The fourth-order valence-corrected chi connectivity index (χ4v) is 3.57. The predicted molar refractivity (Wildman–Crippen MR) is 67.1 cm³/mol. The van der Waals surface area contributed by atoms with E-state index >= 15 is 0 Å². The van der Waals surface area contributed by atoms with Crippen LogP contribution in [0.15, 0.2) is 23.1 Å². The maximum Gasteiger partial charge on any atom is 0.178 e. The Morgan fingerprint density at radius 3 is 2.56 bits per heavy atom. The van der Waals surface area contributed by atoms with Crippen molar-refractivity contribution < 1.29 is 8.42 Å². The van der Waals surface area contributed by atoms with Crippen molar-refractivity contribution in [2.24, 2.45) is 5.92 Å². The molecule has 90 valence electrons. The molecule has 0 saturated carbocycles. The molecule has 1 aromatic carbocycles. The first-order valence-corrected chi connectivity index (χ1v) is 7.11. The van der Waals surface area contributed by atoms with Crippen LogP contribution in [0.4, 0.5) is 5.69 Å². The van der Waals surface area contributed by atoms with Crippen molar-refractivity contribution in [3.05, 3.63) is 23.8 Å². The van der Waals surface area contributed by atoms with Crippen LogP contribution in [-0.4, -0.2) is 14.2 Å². The number of rotatable bonds is 4. The molecule has 1 aromatic rings. The van der Waals surface area contributed by atoms with Crippen LogP contribution in [0.1, 0.15) is 25.8 Å². The molecule has 0 aromatic heterocycles. The summed E-state index contributed by atoms with van der Waals surface area (Å²) in [5.74, 6) is 0.360. The van der Waals surface area contributed by atoms with E-state index in [1.165, 1.54) is 0 Å². The Bertz CT molecular complexity index is 466. The molecule has 0 bridgehead atoms. The lowest BCUT2D eigenvalue weighted by molar-refractivity contribution is 0.564. The van der Waals surface area contributed by atoms with Crippen molar-refractivity contribution >= 4 is 15.5 Å². The third-order valence-corrected chi connectivity index (χ3v) is 4.87. The van der Waals surface area contributed by atoms with Gasteiger partial charge >= 0.3 is 0 Å². The van der Waals surface area contributed by atoms with Gasteiger partial charge in [-0.15, -0.1) is 0 Å². The van der Waals surface area contributed by atoms with Gasteiger partial charge in [0.2, 0.25) is 0 Å². The van der Waals surface area contributed by atoms with Gasteiger partial charge in [-0.3, -0.25) is 0 Å². The molecule has 1 rings (SSSR count). The Kier molecular flexibility index (Phi) is 3.97. The lowest BCUT2D eigenvalue weighted by atomic mass is 10.2. The van der Waals surface area contributed by atoms with Gasteiger partial charge in [0.15, 0.2) is 9.84 Å². The zero-order chi connectivity index (χ0) is 12.3. The minimum atomic E-state index is -3.20. The summed E-state index contributed by atoms with van der Waals surface area (Å²) in [6.45, 7) is 5.73. The molecule has 0 aliphatic heterocycles. The maximum atomic E-state index is 12.1. The molecule has 1 atom stereocenters. The first-order valence-electron chi connectivity index (χ1n) is 5.45. The molecule has 2 N–H and O–H groups in total. The van der Waals surface area contributed by atoms with Gasteiger partial charge in [0.25, 0.3) is 0 Å². The number of nitrogens with two attached hydrogens (primary N) is 1. The van der Waals surface area contributed by atoms with Crippen LogP contribution in [0, 0.1) is 12.8 Å². The van der Waals surface area contributed by atoms with Gasteiger partial charge in [-0.1, -0.05) is 26.3 Å². The van der Waals surface area contributed by atoms with E-state index in [4.69, 9.17) is 5.73 Å². The fraction of sp³-hybridized carbons (Fsp3) is 0.500. The normalized spacial score (nSPS) is 13.7. The topological polar surface area (TPSA) is 60.2 Å². The van der Waals surface area contributed by atoms with Crippen LogP contribution in [0.2, 0.25) is 0 Å². The van der Waals surface area contributed by atoms with E-state index in [0.29, 0.717) is 10.6 Å². The molecule has 1 unspecified atom stereocenters. The van der Waals surface area contributed by atoms with Crippen LogP contribution >= 0.6 is 0 Å². The van der Waals surface area contributed by atoms with Gasteiger partial charge in [0, 0.05) is 5.69 Å². The summed E-state index contributed by atoms with van der Waals surface area (Å²) in [7, 11) is -3.20. The van der Waals surface area contributed by atoms with E-state index in [1.54, 1.807) is 25.1 Å². The monoisotopic (exact) mass is 241 g/mol. The Morgan fingerprint density at radius 1 is 1.38 bits per heavy atom. The molecule has 0 aliphatic rings. The molecular formula is C12H19NO2S. The number of benzene rings is 1. The summed E-state index contributed by atoms with van der Waals surface area (Å²) in [4.78, 5) is 0.368. The van der Waals surface area contributed by atoms with Crippen molar-refractivity contribution in [1.29, 1.82) is 0 Å². The van der Waals surface area contributed by atoms with Crippen molar-refractivity contribution in [3.8, 4) is 0 Å². The summed E-state index contributed by atoms with van der Waals surface area (Å²) in [6, 6.07) is 5.02. The van der Waals surface area contributed by atoms with Crippen molar-refractivity contribution in [2.75, 3.05) is 11.5 Å². The highest BCUT2D eigenvalue weighted by atomic mass is 32.2. The van der Waals surface area contributed by atoms with Crippen LogP contribution in [0.5, 0.6) is 0 Å². The molecule has 4 heteroatoms. The summed E-state index contributed by atoms with van der Waals surface area (Å²) in [5.41, 5.74) is 6.88. The van der Waals surface area contributed by atoms with Crippen molar-refractivity contribution in [2.45, 2.75) is 32.1 Å². The number of hydrogen-bond acceptors (Lipinski definition) is 3. The maximum absolute atomic E-state index is 12.1. The highest BCUT2D eigenvalue weighted by molar-refractivity contribution is 7.91. The van der Waals surface area contributed by atoms with Gasteiger partial charge in [0.05, 0.1) is 10.6 Å². The van der Waals surface area contributed by atoms with Gasteiger partial charge in [-0.05, 0) is 30.5 Å². The molecule has 0 aliphatic carbocycles. The van der Waals surface area contributed by atoms with Crippen LogP contribution in [-0.2, 0) is 9.84 Å². The van der Waals surface area contributed by atoms with Crippen molar-refractivity contribution in [3.63, 3.8) is 0 Å². The van der Waals surface area contributed by atoms with Gasteiger partial charge in [-0.25, -0.2) is 8.42 Å². The van der Waals surface area contributed by atoms with Gasteiger partial charge in [-0.2, -0.15) is 0 Å². The number of anilines is 1. The standard InChI is InChI=1S/C12H19NO2S/c1-4-9(2)8-16(14,15)12-7-11(13)6-5-10(12)3/h5-7,9H,4,8,13H2,1-3H3. The fourth-order valence-electron chi connectivity index (χ4n) is 1.53. The van der Waals surface area contributed by atoms with Gasteiger partial charge in [0.1, 0.15) is 0 Å². The van der Waals surface area contributed by atoms with Crippen LogP contribution in [0.3, 0.4) is 0 Å². The summed E-state index contributed by atoms with van der Waals surface area (Å²) >= 11 is 0. The quantitative estimate of drug-likeness (QED) is 0.823. The molecule has 0 amide bonds. The molecule has 0 spiro atoms. The third kappa shape index (κ3) is 2.98. The van der Waals surface area contributed by atoms with E-state index in [1.807, 2.05) is 13.8 Å². The second kappa shape index (κ2) is 4.87. The Morgan fingerprint density at radius 2 is 2.00 bits per heavy atom. The van der Waals surface area contributed by atoms with E-state index in [-0.39, 0.29) is 11.7 Å². The zero-order valence-corrected chi connectivity index (χ0v) is 10.8. The number of nitrogen functional groups attached to an aromatic ring is 1. The van der Waals surface area contributed by atoms with Crippen molar-refractivity contribution in [1.82, 2.24) is 0 Å². The number of aryl methyl sites for hydroxylation is 1. The molecule has 0 fully saturated rings. The highest BCUT2D eigenvalue weighted by Crippen LogP contribution is 2.21. The smallest absolute Gasteiger partial charge is 0.178 e.